The molecule has 1 fully saturated rings. The summed E-state index contributed by atoms with van der Waals surface area (Å²) in [6.07, 6.45) is 7.89. The highest BCUT2D eigenvalue weighted by Gasteiger charge is 2.57. The fourth-order valence-corrected chi connectivity index (χ4v) is 8.62. The Hall–Kier alpha value is -4.62. The minimum Gasteiger partial charge on any atom is -0.368 e. The van der Waals surface area contributed by atoms with Gasteiger partial charge in [0.2, 0.25) is 0 Å². The first kappa shape index (κ1) is 32.3. The van der Waals surface area contributed by atoms with E-state index in [1.165, 1.54) is 53.4 Å². The number of amides is 1. The van der Waals surface area contributed by atoms with Gasteiger partial charge in [-0.25, -0.2) is 8.42 Å². The normalized spacial score (nSPS) is 18.8. The zero-order valence-corrected chi connectivity index (χ0v) is 27.2. The summed E-state index contributed by atoms with van der Waals surface area (Å²) in [5.41, 5.74) is 3.20. The first-order valence-electron chi connectivity index (χ1n) is 16.1. The number of nitrogens with zero attached hydrogens (tertiary/aromatic N) is 5. The number of unbranched alkanes of at least 4 members (excludes halogenated alkanes) is 3. The van der Waals surface area contributed by atoms with Gasteiger partial charge in [-0.05, 0) is 54.7 Å². The Kier molecular flexibility index (Phi) is 9.37. The molecule has 3 aromatic carbocycles. The van der Waals surface area contributed by atoms with Crippen molar-refractivity contribution in [3.63, 3.8) is 0 Å². The van der Waals surface area contributed by atoms with E-state index in [2.05, 4.69) is 27.9 Å². The second kappa shape index (κ2) is 13.6. The maximum Gasteiger partial charge on any atom is 0.289 e. The van der Waals surface area contributed by atoms with Crippen molar-refractivity contribution in [1.82, 2.24) is 24.6 Å². The highest BCUT2D eigenvalue weighted by molar-refractivity contribution is 7.89. The SMILES string of the molecule is CCCCCCc1ccc(C(=O)NCCn2cc(C[C@@]34CCN(S(=O)(=O)c5ccccc5[N+](=O)[O-])[C@@H]3Nc3ccccc34)nn2)cc1. The summed E-state index contributed by atoms with van der Waals surface area (Å²) in [4.78, 5) is 23.5. The van der Waals surface area contributed by atoms with Crippen molar-refractivity contribution in [3.8, 4) is 0 Å². The van der Waals surface area contributed by atoms with E-state index in [1.807, 2.05) is 54.7 Å². The molecule has 4 aromatic rings. The predicted molar refractivity (Wildman–Crippen MR) is 177 cm³/mol. The first-order valence-corrected chi connectivity index (χ1v) is 17.5. The van der Waals surface area contributed by atoms with E-state index in [9.17, 15) is 23.3 Å². The van der Waals surface area contributed by atoms with Crippen molar-refractivity contribution >= 4 is 27.3 Å². The van der Waals surface area contributed by atoms with E-state index in [0.717, 1.165) is 24.1 Å². The van der Waals surface area contributed by atoms with Gasteiger partial charge in [0.25, 0.3) is 21.6 Å². The lowest BCUT2D eigenvalue weighted by Gasteiger charge is -2.31. The third-order valence-corrected chi connectivity index (χ3v) is 11.2. The van der Waals surface area contributed by atoms with Crippen LogP contribution in [-0.2, 0) is 34.8 Å². The molecule has 0 bridgehead atoms. The molecule has 2 aliphatic rings. The van der Waals surface area contributed by atoms with Crippen molar-refractivity contribution in [3.05, 3.63) is 111 Å². The lowest BCUT2D eigenvalue weighted by Crippen LogP contribution is -2.47. The summed E-state index contributed by atoms with van der Waals surface area (Å²) in [5.74, 6) is -0.149. The molecular weight excluding hydrogens is 618 g/mol. The van der Waals surface area contributed by atoms with Crippen LogP contribution in [-0.4, -0.2) is 57.8 Å². The molecule has 2 N–H and O–H groups in total. The molecular formula is C34H39N7O5S. The lowest BCUT2D eigenvalue weighted by atomic mass is 9.76. The fourth-order valence-electron chi connectivity index (χ4n) is 6.84. The minimum absolute atomic E-state index is 0.149. The molecule has 1 saturated heterocycles. The second-order valence-electron chi connectivity index (χ2n) is 12.3. The van der Waals surface area contributed by atoms with Crippen LogP contribution in [0.25, 0.3) is 0 Å². The van der Waals surface area contributed by atoms with Crippen molar-refractivity contribution in [2.75, 3.05) is 18.4 Å². The van der Waals surface area contributed by atoms with Crippen molar-refractivity contribution in [2.45, 2.75) is 74.9 Å². The zero-order valence-electron chi connectivity index (χ0n) is 26.3. The van der Waals surface area contributed by atoms with Gasteiger partial charge in [0.15, 0.2) is 4.90 Å². The average molecular weight is 658 g/mol. The molecule has 0 saturated carbocycles. The number of para-hydroxylation sites is 2. The number of anilines is 1. The minimum atomic E-state index is -4.22. The highest BCUT2D eigenvalue weighted by Crippen LogP contribution is 2.52. The average Bonchev–Trinajstić information content (AvgIpc) is 3.76. The molecule has 246 valence electrons. The van der Waals surface area contributed by atoms with Gasteiger partial charge in [0.1, 0.15) is 6.17 Å². The molecule has 2 aliphatic heterocycles. The van der Waals surface area contributed by atoms with Crippen molar-refractivity contribution < 1.29 is 18.1 Å². The first-order chi connectivity index (χ1) is 22.7. The van der Waals surface area contributed by atoms with Crippen LogP contribution in [0, 0.1) is 10.1 Å². The van der Waals surface area contributed by atoms with E-state index < -0.39 is 32.2 Å². The van der Waals surface area contributed by atoms with E-state index in [1.54, 1.807) is 4.68 Å². The molecule has 12 nitrogen and oxygen atoms in total. The number of hydrogen-bond donors (Lipinski definition) is 2. The van der Waals surface area contributed by atoms with Gasteiger partial charge < -0.3 is 10.6 Å². The number of nitro groups is 1. The number of aryl methyl sites for hydroxylation is 1. The Balaban J connectivity index is 1.13. The number of nitro benzene ring substituents is 1. The summed E-state index contributed by atoms with van der Waals surface area (Å²) >= 11 is 0. The Morgan fingerprint density at radius 2 is 1.83 bits per heavy atom. The molecule has 0 aliphatic carbocycles. The Morgan fingerprint density at radius 3 is 2.62 bits per heavy atom. The van der Waals surface area contributed by atoms with E-state index >= 15 is 0 Å². The van der Waals surface area contributed by atoms with E-state index in [-0.39, 0.29) is 17.3 Å². The number of aromatic nitrogens is 3. The Bertz CT molecular complexity index is 1860. The smallest absolute Gasteiger partial charge is 0.289 e. The Labute approximate surface area is 274 Å². The summed E-state index contributed by atoms with van der Waals surface area (Å²) in [6.45, 7) is 3.15. The van der Waals surface area contributed by atoms with Gasteiger partial charge in [0, 0.05) is 48.4 Å². The van der Waals surface area contributed by atoms with Gasteiger partial charge in [-0.1, -0.05) is 73.9 Å². The molecule has 1 amide bonds. The zero-order chi connectivity index (χ0) is 33.0. The molecule has 0 radical (unpaired) electrons. The predicted octanol–water partition coefficient (Wildman–Crippen LogP) is 5.07. The van der Waals surface area contributed by atoms with Gasteiger partial charge in [-0.15, -0.1) is 5.10 Å². The summed E-state index contributed by atoms with van der Waals surface area (Å²) in [6, 6.07) is 20.9. The summed E-state index contributed by atoms with van der Waals surface area (Å²) < 4.78 is 30.9. The molecule has 0 unspecified atom stereocenters. The van der Waals surface area contributed by atoms with Crippen LogP contribution in [0.3, 0.4) is 0 Å². The van der Waals surface area contributed by atoms with Crippen LogP contribution in [0.15, 0.2) is 83.9 Å². The number of carbonyl (C=O) groups excluding carboxylic acids is 1. The standard InChI is InChI=1S/C34H39N7O5S/c1-2-3-4-5-10-25-15-17-26(18-16-25)32(42)35-20-22-39-24-27(37-38-39)23-34-19-21-40(33(34)36-29-12-7-6-11-28(29)34)47(45,46)31-14-9-8-13-30(31)41(43)44/h6-9,11-18,24,33,36H,2-5,10,19-23H2,1H3,(H,35,42)/t33-,34+/m0/s1. The quantitative estimate of drug-likeness (QED) is 0.108. The summed E-state index contributed by atoms with van der Waals surface area (Å²) in [5, 5.41) is 26.7. The van der Waals surface area contributed by atoms with Gasteiger partial charge in [-0.2, -0.15) is 4.31 Å². The maximum atomic E-state index is 13.9. The monoisotopic (exact) mass is 657 g/mol. The van der Waals surface area contributed by atoms with Crippen molar-refractivity contribution in [2.24, 2.45) is 0 Å². The second-order valence-corrected chi connectivity index (χ2v) is 14.1. The van der Waals surface area contributed by atoms with Crippen molar-refractivity contribution in [1.29, 1.82) is 0 Å². The topological polar surface area (TPSA) is 152 Å². The summed E-state index contributed by atoms with van der Waals surface area (Å²) in [7, 11) is -4.22. The number of nitrogens with one attached hydrogen (secondary N) is 2. The van der Waals surface area contributed by atoms with Gasteiger partial charge >= 0.3 is 0 Å². The van der Waals surface area contributed by atoms with E-state index in [0.29, 0.717) is 37.2 Å². The van der Waals surface area contributed by atoms with Crippen LogP contribution in [0.4, 0.5) is 11.4 Å². The number of rotatable bonds is 14. The lowest BCUT2D eigenvalue weighted by molar-refractivity contribution is -0.387. The molecule has 1 aromatic heterocycles. The van der Waals surface area contributed by atoms with Gasteiger partial charge in [0.05, 0.1) is 17.2 Å². The molecule has 6 rings (SSSR count). The largest absolute Gasteiger partial charge is 0.368 e. The number of benzene rings is 3. The maximum absolute atomic E-state index is 13.9. The third kappa shape index (κ3) is 6.50. The van der Waals surface area contributed by atoms with Crippen LogP contribution in [0.5, 0.6) is 0 Å². The highest BCUT2D eigenvalue weighted by atomic mass is 32.2. The van der Waals surface area contributed by atoms with Crippen LogP contribution in [0.1, 0.15) is 66.2 Å². The Morgan fingerprint density at radius 1 is 1.06 bits per heavy atom. The number of carbonyl (C=O) groups is 1. The number of sulfonamides is 1. The van der Waals surface area contributed by atoms with Crippen LogP contribution < -0.4 is 10.6 Å². The molecule has 13 heteroatoms. The van der Waals surface area contributed by atoms with Crippen LogP contribution in [0.2, 0.25) is 0 Å². The van der Waals surface area contributed by atoms with E-state index in [4.69, 9.17) is 0 Å². The molecule has 47 heavy (non-hydrogen) atoms. The molecule has 0 spiro atoms. The number of fused-ring (bicyclic) bond motifs is 3. The van der Waals surface area contributed by atoms with Gasteiger partial charge in [-0.3, -0.25) is 19.6 Å². The fraction of sp³-hybridized carbons (Fsp3) is 0.382. The number of hydrogen-bond acceptors (Lipinski definition) is 8. The molecule has 3 heterocycles. The molecule has 2 atom stereocenters. The van der Waals surface area contributed by atoms with Crippen LogP contribution >= 0.6 is 0 Å². The third-order valence-electron chi connectivity index (χ3n) is 9.24.